The number of benzene rings is 1. The Kier molecular flexibility index (Phi) is 3.88. The van der Waals surface area contributed by atoms with Gasteiger partial charge in [0.15, 0.2) is 0 Å². The molecule has 5 nitrogen and oxygen atoms in total. The van der Waals surface area contributed by atoms with Crippen LogP contribution in [0.5, 0.6) is 0 Å². The minimum Gasteiger partial charge on any atom is -0.388 e. The largest absolute Gasteiger partial charge is 0.388 e. The second-order valence-corrected chi connectivity index (χ2v) is 5.25. The second-order valence-electron chi connectivity index (χ2n) is 5.25. The molecular weight excluding hydrogens is 284 g/mol. The first-order valence-electron chi connectivity index (χ1n) is 6.69. The highest BCUT2D eigenvalue weighted by Crippen LogP contribution is 2.27. The molecule has 2 aliphatic heterocycles. The van der Waals surface area contributed by atoms with Crippen molar-refractivity contribution in [2.45, 2.75) is 30.8 Å². The molecule has 7 heteroatoms. The molecule has 0 aromatic heterocycles. The topological polar surface area (TPSA) is 67.8 Å². The average Bonchev–Trinajstić information content (AvgIpc) is 2.98. The normalized spacial score (nSPS) is 31.2. The molecule has 3 rings (SSSR count). The van der Waals surface area contributed by atoms with Gasteiger partial charge in [0, 0.05) is 6.07 Å². The third-order valence-electron chi connectivity index (χ3n) is 3.74. The predicted molar refractivity (Wildman–Crippen MR) is 67.5 cm³/mol. The molecule has 114 valence electrons. The molecule has 1 aromatic rings. The summed E-state index contributed by atoms with van der Waals surface area (Å²) in [6, 6.07) is 2.72. The van der Waals surface area contributed by atoms with Crippen molar-refractivity contribution < 1.29 is 28.2 Å². The summed E-state index contributed by atoms with van der Waals surface area (Å²) in [6.45, 7) is 0.415. The first-order valence-corrected chi connectivity index (χ1v) is 6.69. The summed E-state index contributed by atoms with van der Waals surface area (Å²) < 4.78 is 37.0. The van der Waals surface area contributed by atoms with E-state index in [0.717, 1.165) is 12.1 Å². The number of hydrogen-bond donors (Lipinski definition) is 2. The van der Waals surface area contributed by atoms with Crippen LogP contribution in [0.25, 0.3) is 0 Å². The van der Waals surface area contributed by atoms with Gasteiger partial charge < -0.3 is 19.9 Å². The van der Waals surface area contributed by atoms with Crippen molar-refractivity contribution in [3.05, 3.63) is 35.4 Å². The fourth-order valence-electron chi connectivity index (χ4n) is 2.70. The number of aliphatic hydroxyl groups excluding tert-OH is 1. The minimum atomic E-state index is -0.752. The molecule has 0 unspecified atom stereocenters. The van der Waals surface area contributed by atoms with Gasteiger partial charge in [-0.1, -0.05) is 6.07 Å². The van der Waals surface area contributed by atoms with E-state index in [1.54, 1.807) is 0 Å². The van der Waals surface area contributed by atoms with E-state index >= 15 is 0 Å². The minimum absolute atomic E-state index is 0.122. The zero-order valence-corrected chi connectivity index (χ0v) is 11.1. The Balaban J connectivity index is 1.60. The van der Waals surface area contributed by atoms with Gasteiger partial charge in [0.05, 0.1) is 25.7 Å². The number of fused-ring (bicyclic) bond motifs is 1. The van der Waals surface area contributed by atoms with Crippen LogP contribution in [0.4, 0.5) is 8.78 Å². The summed E-state index contributed by atoms with van der Waals surface area (Å²) >= 11 is 0. The number of carbonyl (C=O) groups is 1. The lowest BCUT2D eigenvalue weighted by Gasteiger charge is -2.17. The van der Waals surface area contributed by atoms with E-state index in [1.807, 2.05) is 0 Å². The van der Waals surface area contributed by atoms with Crippen molar-refractivity contribution in [1.82, 2.24) is 5.32 Å². The van der Waals surface area contributed by atoms with Gasteiger partial charge in [-0.15, -0.1) is 0 Å². The molecule has 4 atom stereocenters. The summed E-state index contributed by atoms with van der Waals surface area (Å²) in [5, 5.41) is 12.3. The van der Waals surface area contributed by atoms with Crippen LogP contribution in [0.15, 0.2) is 18.2 Å². The van der Waals surface area contributed by atoms with Crippen LogP contribution in [0, 0.1) is 11.6 Å². The average molecular weight is 299 g/mol. The van der Waals surface area contributed by atoms with Gasteiger partial charge in [0.1, 0.15) is 29.9 Å². The van der Waals surface area contributed by atoms with Gasteiger partial charge in [-0.3, -0.25) is 4.79 Å². The van der Waals surface area contributed by atoms with E-state index in [-0.39, 0.29) is 37.3 Å². The summed E-state index contributed by atoms with van der Waals surface area (Å²) in [4.78, 5) is 11.9. The third-order valence-corrected chi connectivity index (χ3v) is 3.74. The highest BCUT2D eigenvalue weighted by molar-refractivity contribution is 5.79. The molecular formula is C14H15F2NO4. The van der Waals surface area contributed by atoms with E-state index < -0.39 is 29.7 Å². The van der Waals surface area contributed by atoms with Crippen molar-refractivity contribution in [2.24, 2.45) is 0 Å². The molecule has 1 amide bonds. The fourth-order valence-corrected chi connectivity index (χ4v) is 2.70. The third kappa shape index (κ3) is 2.90. The molecule has 21 heavy (non-hydrogen) atoms. The van der Waals surface area contributed by atoms with E-state index in [4.69, 9.17) is 9.47 Å². The molecule has 2 aliphatic rings. The van der Waals surface area contributed by atoms with Gasteiger partial charge in [0.25, 0.3) is 0 Å². The van der Waals surface area contributed by atoms with Gasteiger partial charge in [-0.25, -0.2) is 8.78 Å². The Morgan fingerprint density at radius 1 is 1.29 bits per heavy atom. The highest BCUT2D eigenvalue weighted by Gasteiger charge is 2.47. The predicted octanol–water partition coefficient (Wildman–Crippen LogP) is 0.151. The number of amides is 1. The second kappa shape index (κ2) is 5.67. The maximum Gasteiger partial charge on any atom is 0.224 e. The lowest BCUT2D eigenvalue weighted by molar-refractivity contribution is -0.121. The van der Waals surface area contributed by atoms with E-state index in [9.17, 15) is 18.7 Å². The quantitative estimate of drug-likeness (QED) is 0.834. The zero-order valence-electron chi connectivity index (χ0n) is 11.1. The van der Waals surface area contributed by atoms with Gasteiger partial charge in [0.2, 0.25) is 5.91 Å². The van der Waals surface area contributed by atoms with Crippen LogP contribution in [0.3, 0.4) is 0 Å². The number of halogens is 2. The Bertz CT molecular complexity index is 554. The van der Waals surface area contributed by atoms with Crippen LogP contribution in [-0.2, 0) is 20.7 Å². The summed E-state index contributed by atoms with van der Waals surface area (Å²) in [5.74, 6) is -1.84. The summed E-state index contributed by atoms with van der Waals surface area (Å²) in [6.07, 6.45) is -1.70. The molecule has 2 N–H and O–H groups in total. The molecule has 0 radical (unpaired) electrons. The van der Waals surface area contributed by atoms with Crippen LogP contribution in [0.2, 0.25) is 0 Å². The van der Waals surface area contributed by atoms with Crippen LogP contribution in [0.1, 0.15) is 5.56 Å². The zero-order chi connectivity index (χ0) is 15.0. The SMILES string of the molecule is O=C(Cc1ccc(F)cc1F)N[C@H]1CO[C@H]2[C@@H]1OC[C@@H]2O. The Morgan fingerprint density at radius 3 is 2.81 bits per heavy atom. The molecule has 0 aliphatic carbocycles. The molecule has 0 saturated carbocycles. The lowest BCUT2D eigenvalue weighted by Crippen LogP contribution is -2.44. The summed E-state index contributed by atoms with van der Waals surface area (Å²) in [5.41, 5.74) is 0.122. The number of aliphatic hydroxyl groups is 1. The monoisotopic (exact) mass is 299 g/mol. The van der Waals surface area contributed by atoms with Crippen molar-refractivity contribution in [1.29, 1.82) is 0 Å². The van der Waals surface area contributed by atoms with E-state index in [0.29, 0.717) is 0 Å². The standard InChI is InChI=1S/C14H15F2NO4/c15-8-2-1-7(9(16)4-8)3-12(19)17-10-5-20-14-11(18)6-21-13(10)14/h1-2,4,10-11,13-14,18H,3,5-6H2,(H,17,19)/t10-,11-,13+,14+/m0/s1. The van der Waals surface area contributed by atoms with Crippen molar-refractivity contribution >= 4 is 5.91 Å². The highest BCUT2D eigenvalue weighted by atomic mass is 19.1. The number of hydrogen-bond acceptors (Lipinski definition) is 4. The molecule has 2 fully saturated rings. The number of ether oxygens (including phenoxy) is 2. The molecule has 0 spiro atoms. The smallest absolute Gasteiger partial charge is 0.224 e. The van der Waals surface area contributed by atoms with Crippen LogP contribution >= 0.6 is 0 Å². The van der Waals surface area contributed by atoms with Crippen molar-refractivity contribution in [2.75, 3.05) is 13.2 Å². The van der Waals surface area contributed by atoms with Gasteiger partial charge in [-0.2, -0.15) is 0 Å². The fraction of sp³-hybridized carbons (Fsp3) is 0.500. The van der Waals surface area contributed by atoms with Gasteiger partial charge in [-0.05, 0) is 11.6 Å². The Hall–Kier alpha value is -1.57. The first-order chi connectivity index (χ1) is 10.0. The number of nitrogens with one attached hydrogen (secondary N) is 1. The maximum absolute atomic E-state index is 13.5. The van der Waals surface area contributed by atoms with Crippen molar-refractivity contribution in [3.63, 3.8) is 0 Å². The first kappa shape index (κ1) is 14.4. The van der Waals surface area contributed by atoms with Crippen LogP contribution < -0.4 is 5.32 Å². The van der Waals surface area contributed by atoms with Crippen LogP contribution in [-0.4, -0.2) is 48.6 Å². The Labute approximate surface area is 119 Å². The number of carbonyl (C=O) groups excluding carboxylic acids is 1. The summed E-state index contributed by atoms with van der Waals surface area (Å²) in [7, 11) is 0. The van der Waals surface area contributed by atoms with Crippen molar-refractivity contribution in [3.8, 4) is 0 Å². The molecule has 1 aromatic carbocycles. The lowest BCUT2D eigenvalue weighted by atomic mass is 10.1. The molecule has 2 heterocycles. The number of rotatable bonds is 3. The molecule has 0 bridgehead atoms. The Morgan fingerprint density at radius 2 is 2.05 bits per heavy atom. The maximum atomic E-state index is 13.5. The van der Waals surface area contributed by atoms with Gasteiger partial charge >= 0.3 is 0 Å². The molecule has 2 saturated heterocycles. The van der Waals surface area contributed by atoms with E-state index in [2.05, 4.69) is 5.32 Å². The van der Waals surface area contributed by atoms with E-state index in [1.165, 1.54) is 6.07 Å².